The molecule has 0 N–H and O–H groups in total. The maximum atomic E-state index is 6.02. The Morgan fingerprint density at radius 2 is 2.00 bits per heavy atom. The molecule has 3 heterocycles. The summed E-state index contributed by atoms with van der Waals surface area (Å²) in [6, 6.07) is 3.49. The van der Waals surface area contributed by atoms with Crippen molar-refractivity contribution in [3.63, 3.8) is 0 Å². The molecule has 0 amide bonds. The summed E-state index contributed by atoms with van der Waals surface area (Å²) in [5, 5.41) is 0.742. The van der Waals surface area contributed by atoms with E-state index in [1.54, 1.807) is 6.20 Å². The van der Waals surface area contributed by atoms with Crippen LogP contribution in [0.5, 0.6) is 0 Å². The maximum absolute atomic E-state index is 6.02. The lowest BCUT2D eigenvalue weighted by Gasteiger charge is -2.39. The van der Waals surface area contributed by atoms with Gasteiger partial charge in [-0.15, -0.1) is 0 Å². The lowest BCUT2D eigenvalue weighted by molar-refractivity contribution is 0.212. The van der Waals surface area contributed by atoms with Crippen LogP contribution in [0.15, 0.2) is 12.3 Å². The number of aromatic nitrogens is 1. The number of piperazine rings is 1. The Balaban J connectivity index is 1.84. The van der Waals surface area contributed by atoms with E-state index in [1.165, 1.54) is 12.8 Å². The fraction of sp³-hybridized carbons (Fsp3) is 0.583. The molecular formula is C12H15ClIN3. The molecule has 2 aliphatic heterocycles. The molecule has 2 saturated heterocycles. The van der Waals surface area contributed by atoms with Gasteiger partial charge in [-0.05, 0) is 48.5 Å². The number of pyridine rings is 1. The molecule has 2 unspecified atom stereocenters. The lowest BCUT2D eigenvalue weighted by atomic mass is 10.2. The van der Waals surface area contributed by atoms with E-state index in [0.29, 0.717) is 12.1 Å². The number of rotatable bonds is 1. The number of fused-ring (bicyclic) bond motifs is 2. The number of hydrogen-bond donors (Lipinski definition) is 0. The topological polar surface area (TPSA) is 19.4 Å². The first kappa shape index (κ1) is 12.0. The van der Waals surface area contributed by atoms with Crippen molar-refractivity contribution in [2.24, 2.45) is 0 Å². The largest absolute Gasteiger partial charge is 0.353 e. The first-order valence-corrected chi connectivity index (χ1v) is 7.39. The molecule has 5 heteroatoms. The van der Waals surface area contributed by atoms with E-state index in [0.717, 1.165) is 27.5 Å². The number of anilines is 1. The van der Waals surface area contributed by atoms with Gasteiger partial charge < -0.3 is 4.90 Å². The quantitative estimate of drug-likeness (QED) is 0.715. The average molecular weight is 364 g/mol. The van der Waals surface area contributed by atoms with Gasteiger partial charge in [-0.25, -0.2) is 4.98 Å². The van der Waals surface area contributed by atoms with E-state index >= 15 is 0 Å². The van der Waals surface area contributed by atoms with Crippen molar-refractivity contribution >= 4 is 40.0 Å². The van der Waals surface area contributed by atoms with Gasteiger partial charge in [0.05, 0.1) is 5.02 Å². The van der Waals surface area contributed by atoms with Crippen LogP contribution in [0.2, 0.25) is 5.02 Å². The minimum Gasteiger partial charge on any atom is -0.353 e. The normalized spacial score (nSPS) is 28.8. The summed E-state index contributed by atoms with van der Waals surface area (Å²) < 4.78 is 1.08. The number of likely N-dealkylation sites (N-methyl/N-ethyl adjacent to an activating group) is 1. The van der Waals surface area contributed by atoms with Crippen molar-refractivity contribution in [3.05, 3.63) is 20.9 Å². The van der Waals surface area contributed by atoms with Crippen LogP contribution in [-0.4, -0.2) is 42.1 Å². The van der Waals surface area contributed by atoms with Gasteiger partial charge in [-0.2, -0.15) is 0 Å². The van der Waals surface area contributed by atoms with Crippen molar-refractivity contribution in [2.75, 3.05) is 25.0 Å². The summed E-state index contributed by atoms with van der Waals surface area (Å²) in [6.45, 7) is 2.19. The SMILES string of the molecule is CN1C2CCC1CN(c1cc(I)c(Cl)cn1)C2. The van der Waals surface area contributed by atoms with Crippen LogP contribution in [-0.2, 0) is 0 Å². The molecule has 92 valence electrons. The Bertz CT molecular complexity index is 426. The average Bonchev–Trinajstić information content (AvgIpc) is 2.55. The lowest BCUT2D eigenvalue weighted by Crippen LogP contribution is -2.52. The molecule has 17 heavy (non-hydrogen) atoms. The van der Waals surface area contributed by atoms with Crippen molar-refractivity contribution in [3.8, 4) is 0 Å². The van der Waals surface area contributed by atoms with Crippen molar-refractivity contribution < 1.29 is 0 Å². The molecule has 0 aromatic carbocycles. The van der Waals surface area contributed by atoms with E-state index in [-0.39, 0.29) is 0 Å². The molecule has 3 rings (SSSR count). The third-order valence-corrected chi connectivity index (χ3v) is 5.48. The Kier molecular flexibility index (Phi) is 3.21. The molecule has 0 saturated carbocycles. The molecule has 0 radical (unpaired) electrons. The second-order valence-corrected chi connectivity index (χ2v) is 6.48. The fourth-order valence-electron chi connectivity index (χ4n) is 2.88. The van der Waals surface area contributed by atoms with Gasteiger partial charge in [-0.3, -0.25) is 4.90 Å². The van der Waals surface area contributed by atoms with Crippen LogP contribution in [0.25, 0.3) is 0 Å². The first-order valence-electron chi connectivity index (χ1n) is 5.93. The molecule has 2 fully saturated rings. The highest BCUT2D eigenvalue weighted by Gasteiger charge is 2.37. The molecule has 1 aromatic heterocycles. The van der Waals surface area contributed by atoms with Gasteiger partial charge in [0.15, 0.2) is 0 Å². The van der Waals surface area contributed by atoms with Crippen LogP contribution in [0.1, 0.15) is 12.8 Å². The third kappa shape index (κ3) is 2.15. The fourth-order valence-corrected chi connectivity index (χ4v) is 3.40. The Labute approximate surface area is 120 Å². The predicted molar refractivity (Wildman–Crippen MR) is 78.8 cm³/mol. The van der Waals surface area contributed by atoms with Gasteiger partial charge in [0.25, 0.3) is 0 Å². The van der Waals surface area contributed by atoms with Crippen LogP contribution < -0.4 is 4.90 Å². The minimum atomic E-state index is 0.698. The Hall–Kier alpha value is -0.0700. The van der Waals surface area contributed by atoms with E-state index in [9.17, 15) is 0 Å². The van der Waals surface area contributed by atoms with Crippen molar-refractivity contribution in [1.82, 2.24) is 9.88 Å². The third-order valence-electron chi connectivity index (χ3n) is 3.97. The van der Waals surface area contributed by atoms with Gasteiger partial charge in [0.2, 0.25) is 0 Å². The number of nitrogens with zero attached hydrogens (tertiary/aromatic N) is 3. The minimum absolute atomic E-state index is 0.698. The molecule has 2 bridgehead atoms. The van der Waals surface area contributed by atoms with Gasteiger partial charge in [0, 0.05) is 34.9 Å². The van der Waals surface area contributed by atoms with E-state index in [4.69, 9.17) is 11.6 Å². The highest BCUT2D eigenvalue weighted by atomic mass is 127. The molecule has 2 aliphatic rings. The summed E-state index contributed by atoms with van der Waals surface area (Å²) in [6.07, 6.45) is 4.41. The molecular weight excluding hydrogens is 349 g/mol. The van der Waals surface area contributed by atoms with E-state index < -0.39 is 0 Å². The zero-order chi connectivity index (χ0) is 12.0. The zero-order valence-corrected chi connectivity index (χ0v) is 12.6. The Morgan fingerprint density at radius 3 is 2.59 bits per heavy atom. The van der Waals surface area contributed by atoms with Gasteiger partial charge in [0.1, 0.15) is 5.82 Å². The summed E-state index contributed by atoms with van der Waals surface area (Å²) >= 11 is 8.28. The first-order chi connectivity index (χ1) is 8.15. The second-order valence-electron chi connectivity index (χ2n) is 4.91. The Morgan fingerprint density at radius 1 is 1.35 bits per heavy atom. The van der Waals surface area contributed by atoms with Crippen LogP contribution >= 0.6 is 34.2 Å². The second kappa shape index (κ2) is 4.55. The highest BCUT2D eigenvalue weighted by molar-refractivity contribution is 14.1. The summed E-state index contributed by atoms with van der Waals surface area (Å²) in [7, 11) is 2.25. The summed E-state index contributed by atoms with van der Waals surface area (Å²) in [4.78, 5) is 9.38. The van der Waals surface area contributed by atoms with Gasteiger partial charge >= 0.3 is 0 Å². The number of hydrogen-bond acceptors (Lipinski definition) is 3. The van der Waals surface area contributed by atoms with Crippen LogP contribution in [0.4, 0.5) is 5.82 Å². The highest BCUT2D eigenvalue weighted by Crippen LogP contribution is 2.31. The summed E-state index contributed by atoms with van der Waals surface area (Å²) in [5.41, 5.74) is 0. The van der Waals surface area contributed by atoms with Gasteiger partial charge in [-0.1, -0.05) is 11.6 Å². The predicted octanol–water partition coefficient (Wildman–Crippen LogP) is 2.62. The van der Waals surface area contributed by atoms with E-state index in [1.807, 2.05) is 0 Å². The monoisotopic (exact) mass is 363 g/mol. The molecule has 2 atom stereocenters. The molecule has 1 aromatic rings. The van der Waals surface area contributed by atoms with Crippen LogP contribution in [0.3, 0.4) is 0 Å². The molecule has 0 spiro atoms. The maximum Gasteiger partial charge on any atom is 0.129 e. The van der Waals surface area contributed by atoms with E-state index in [2.05, 4.69) is 50.5 Å². The standard InChI is InChI=1S/C12H15ClIN3/c1-16-8-2-3-9(16)7-17(6-8)12-4-11(14)10(13)5-15-12/h4-5,8-9H,2-3,6-7H2,1H3. The van der Waals surface area contributed by atoms with Crippen LogP contribution in [0, 0.1) is 3.57 Å². The van der Waals surface area contributed by atoms with Crippen molar-refractivity contribution in [2.45, 2.75) is 24.9 Å². The summed E-state index contributed by atoms with van der Waals surface area (Å²) in [5.74, 6) is 1.07. The molecule has 0 aliphatic carbocycles. The number of halogens is 2. The molecule has 3 nitrogen and oxygen atoms in total. The smallest absolute Gasteiger partial charge is 0.129 e. The van der Waals surface area contributed by atoms with Crippen molar-refractivity contribution in [1.29, 1.82) is 0 Å². The zero-order valence-electron chi connectivity index (χ0n) is 9.74.